The van der Waals surface area contributed by atoms with Crippen LogP contribution >= 0.6 is 0 Å². The first-order chi connectivity index (χ1) is 11.2. The van der Waals surface area contributed by atoms with Crippen LogP contribution in [-0.4, -0.2) is 17.9 Å². The Balaban J connectivity index is 2.10. The molecular weight excluding hydrogens is 328 g/mol. The molecule has 0 radical (unpaired) electrons. The van der Waals surface area contributed by atoms with Gasteiger partial charge >= 0.3 is 0 Å². The third-order valence-electron chi connectivity index (χ3n) is 7.36. The van der Waals surface area contributed by atoms with E-state index in [1.807, 2.05) is 34.6 Å². The fourth-order valence-corrected chi connectivity index (χ4v) is 7.63. The van der Waals surface area contributed by atoms with Crippen molar-refractivity contribution < 1.29 is 8.42 Å². The standard InChI is InChI=1S/C22H40O2S/c1-16-10-9-14-22(8)18(16)11-12-19(22)17(2)13-15-21(6,7)25(23,24)20(3,4)5/h12,16-18H,9-11,13-15H2,1-8H3/t16-,17+,18-,22-/m0/s1. The summed E-state index contributed by atoms with van der Waals surface area (Å²) in [6.07, 6.45) is 9.44. The number of allylic oxidation sites excluding steroid dienone is 2. The minimum atomic E-state index is -3.16. The van der Waals surface area contributed by atoms with Crippen molar-refractivity contribution in [1.29, 1.82) is 0 Å². The van der Waals surface area contributed by atoms with E-state index in [1.54, 1.807) is 5.57 Å². The second-order valence-corrected chi connectivity index (χ2v) is 13.9. The number of sulfone groups is 1. The molecule has 2 rings (SSSR count). The summed E-state index contributed by atoms with van der Waals surface area (Å²) in [5.41, 5.74) is 1.97. The maximum absolute atomic E-state index is 12.9. The molecule has 0 aromatic heterocycles. The van der Waals surface area contributed by atoms with Crippen molar-refractivity contribution in [1.82, 2.24) is 0 Å². The molecule has 0 aromatic rings. The summed E-state index contributed by atoms with van der Waals surface area (Å²) in [4.78, 5) is 0. The van der Waals surface area contributed by atoms with Crippen LogP contribution in [0, 0.1) is 23.2 Å². The fourth-order valence-electron chi connectivity index (χ4n) is 5.59. The van der Waals surface area contributed by atoms with Gasteiger partial charge in [-0.1, -0.05) is 45.3 Å². The van der Waals surface area contributed by atoms with E-state index in [0.717, 1.165) is 24.7 Å². The molecule has 0 spiro atoms. The largest absolute Gasteiger partial charge is 0.228 e. The van der Waals surface area contributed by atoms with Crippen LogP contribution in [0.3, 0.4) is 0 Å². The van der Waals surface area contributed by atoms with Crippen molar-refractivity contribution in [2.45, 2.75) is 103 Å². The molecule has 25 heavy (non-hydrogen) atoms. The van der Waals surface area contributed by atoms with Crippen molar-refractivity contribution in [3.05, 3.63) is 11.6 Å². The van der Waals surface area contributed by atoms with Gasteiger partial charge in [0.25, 0.3) is 0 Å². The monoisotopic (exact) mass is 368 g/mol. The van der Waals surface area contributed by atoms with E-state index in [9.17, 15) is 8.42 Å². The van der Waals surface area contributed by atoms with Crippen LogP contribution in [-0.2, 0) is 9.84 Å². The van der Waals surface area contributed by atoms with Crippen LogP contribution in [0.2, 0.25) is 0 Å². The molecule has 0 aliphatic heterocycles. The van der Waals surface area contributed by atoms with Gasteiger partial charge in [-0.25, -0.2) is 8.42 Å². The summed E-state index contributed by atoms with van der Waals surface area (Å²) in [6, 6.07) is 0. The van der Waals surface area contributed by atoms with Gasteiger partial charge in [0.1, 0.15) is 0 Å². The van der Waals surface area contributed by atoms with Crippen molar-refractivity contribution >= 4 is 9.84 Å². The SMILES string of the molecule is C[C@H](CCC(C)(C)S(=O)(=O)C(C)(C)C)C1=CC[C@H]2[C@@H](C)CCC[C@]12C. The van der Waals surface area contributed by atoms with Crippen molar-refractivity contribution in [3.63, 3.8) is 0 Å². The molecule has 0 aromatic carbocycles. The van der Waals surface area contributed by atoms with Gasteiger partial charge in [-0.15, -0.1) is 0 Å². The molecule has 1 saturated carbocycles. The van der Waals surface area contributed by atoms with Gasteiger partial charge in [-0.3, -0.25) is 0 Å². The average molecular weight is 369 g/mol. The van der Waals surface area contributed by atoms with Gasteiger partial charge < -0.3 is 0 Å². The van der Waals surface area contributed by atoms with E-state index in [2.05, 4.69) is 26.8 Å². The van der Waals surface area contributed by atoms with E-state index in [1.165, 1.54) is 25.7 Å². The Kier molecular flexibility index (Phi) is 5.62. The average Bonchev–Trinajstić information content (AvgIpc) is 2.82. The quantitative estimate of drug-likeness (QED) is 0.544. The van der Waals surface area contributed by atoms with Crippen LogP contribution < -0.4 is 0 Å². The van der Waals surface area contributed by atoms with Gasteiger partial charge in [0, 0.05) is 0 Å². The first kappa shape index (κ1) is 21.0. The fraction of sp³-hybridized carbons (Fsp3) is 0.909. The van der Waals surface area contributed by atoms with E-state index < -0.39 is 19.3 Å². The maximum atomic E-state index is 12.9. The Labute approximate surface area is 156 Å². The Morgan fingerprint density at radius 3 is 2.40 bits per heavy atom. The molecule has 2 aliphatic rings. The summed E-state index contributed by atoms with van der Waals surface area (Å²) < 4.78 is 24.5. The molecule has 0 unspecified atom stereocenters. The first-order valence-corrected chi connectivity index (χ1v) is 11.7. The summed E-state index contributed by atoms with van der Waals surface area (Å²) in [6.45, 7) is 16.5. The zero-order chi connectivity index (χ0) is 19.3. The molecule has 3 heteroatoms. The van der Waals surface area contributed by atoms with Crippen LogP contribution in [0.1, 0.15) is 93.9 Å². The second-order valence-electron chi connectivity index (χ2n) is 10.6. The third kappa shape index (κ3) is 3.59. The highest BCUT2D eigenvalue weighted by Crippen LogP contribution is 2.57. The molecule has 0 amide bonds. The van der Waals surface area contributed by atoms with Crippen LogP contribution in [0.5, 0.6) is 0 Å². The molecule has 0 bridgehead atoms. The van der Waals surface area contributed by atoms with Gasteiger partial charge in [-0.2, -0.15) is 0 Å². The van der Waals surface area contributed by atoms with Crippen LogP contribution in [0.25, 0.3) is 0 Å². The highest BCUT2D eigenvalue weighted by molar-refractivity contribution is 7.94. The Hall–Kier alpha value is -0.310. The minimum Gasteiger partial charge on any atom is -0.228 e. The molecule has 2 nitrogen and oxygen atoms in total. The number of hydrogen-bond donors (Lipinski definition) is 0. The lowest BCUT2D eigenvalue weighted by Gasteiger charge is -2.44. The van der Waals surface area contributed by atoms with Gasteiger partial charge in [-0.05, 0) is 83.5 Å². The van der Waals surface area contributed by atoms with Crippen LogP contribution in [0.4, 0.5) is 0 Å². The summed E-state index contributed by atoms with van der Waals surface area (Å²) in [5.74, 6) is 2.09. The predicted octanol–water partition coefficient (Wildman–Crippen LogP) is 6.17. The second kappa shape index (κ2) is 6.69. The summed E-state index contributed by atoms with van der Waals surface area (Å²) in [5, 5.41) is 0. The van der Waals surface area contributed by atoms with Crippen molar-refractivity contribution in [3.8, 4) is 0 Å². The third-order valence-corrected chi connectivity index (χ3v) is 10.6. The van der Waals surface area contributed by atoms with E-state index in [4.69, 9.17) is 0 Å². The number of fused-ring (bicyclic) bond motifs is 1. The first-order valence-electron chi connectivity index (χ1n) is 10.2. The maximum Gasteiger partial charge on any atom is 0.160 e. The highest BCUT2D eigenvalue weighted by atomic mass is 32.2. The van der Waals surface area contributed by atoms with Gasteiger partial charge in [0.15, 0.2) is 9.84 Å². The summed E-state index contributed by atoms with van der Waals surface area (Å²) >= 11 is 0. The van der Waals surface area contributed by atoms with E-state index >= 15 is 0 Å². The molecule has 0 saturated heterocycles. The molecule has 4 atom stereocenters. The number of hydrogen-bond acceptors (Lipinski definition) is 2. The lowest BCUT2D eigenvalue weighted by atomic mass is 9.60. The summed E-state index contributed by atoms with van der Waals surface area (Å²) in [7, 11) is -3.16. The lowest BCUT2D eigenvalue weighted by molar-refractivity contribution is 0.110. The molecular formula is C22H40O2S. The topological polar surface area (TPSA) is 34.1 Å². The predicted molar refractivity (Wildman–Crippen MR) is 108 cm³/mol. The lowest BCUT2D eigenvalue weighted by Crippen LogP contribution is -2.44. The Bertz CT molecular complexity index is 621. The molecule has 0 heterocycles. The smallest absolute Gasteiger partial charge is 0.160 e. The number of rotatable bonds is 5. The zero-order valence-corrected chi connectivity index (χ0v) is 18.6. The Morgan fingerprint density at radius 2 is 1.84 bits per heavy atom. The molecule has 0 N–H and O–H groups in total. The normalized spacial score (nSPS) is 32.2. The molecule has 146 valence electrons. The van der Waals surface area contributed by atoms with Crippen molar-refractivity contribution in [2.24, 2.45) is 23.2 Å². The van der Waals surface area contributed by atoms with E-state index in [-0.39, 0.29) is 0 Å². The Morgan fingerprint density at radius 1 is 1.24 bits per heavy atom. The molecule has 2 aliphatic carbocycles. The van der Waals surface area contributed by atoms with Crippen molar-refractivity contribution in [2.75, 3.05) is 0 Å². The minimum absolute atomic E-state index is 0.351. The van der Waals surface area contributed by atoms with Gasteiger partial charge in [0.05, 0.1) is 9.49 Å². The van der Waals surface area contributed by atoms with Crippen LogP contribution in [0.15, 0.2) is 11.6 Å². The van der Waals surface area contributed by atoms with Gasteiger partial charge in [0.2, 0.25) is 0 Å². The zero-order valence-electron chi connectivity index (χ0n) is 17.8. The highest BCUT2D eigenvalue weighted by Gasteiger charge is 2.48. The molecule has 1 fully saturated rings. The van der Waals surface area contributed by atoms with E-state index in [0.29, 0.717) is 11.3 Å².